The van der Waals surface area contributed by atoms with E-state index in [1.54, 1.807) is 0 Å². The first-order valence-electron chi connectivity index (χ1n) is 6.04. The SMILES string of the molecule is CCCN1CCc2c(c(C)[nH]c(=O)c2C#N)C1. The molecule has 90 valence electrons. The molecule has 1 aromatic rings. The van der Waals surface area contributed by atoms with Gasteiger partial charge in [0.15, 0.2) is 0 Å². The second-order valence-corrected chi connectivity index (χ2v) is 4.55. The highest BCUT2D eigenvalue weighted by atomic mass is 16.1. The van der Waals surface area contributed by atoms with Crippen molar-refractivity contribution in [2.45, 2.75) is 33.2 Å². The highest BCUT2D eigenvalue weighted by Crippen LogP contribution is 2.22. The number of nitriles is 1. The molecule has 1 aromatic heterocycles. The standard InChI is InChI=1S/C13H17N3O/c1-3-5-16-6-4-10-11(7-14)13(17)15-9(2)12(10)8-16/h3-6,8H2,1-2H3,(H,15,17). The third-order valence-corrected chi connectivity index (χ3v) is 3.36. The number of pyridine rings is 1. The molecule has 0 amide bonds. The first kappa shape index (κ1) is 11.9. The molecule has 0 saturated heterocycles. The van der Waals surface area contributed by atoms with Crippen LogP contribution in [-0.4, -0.2) is 23.0 Å². The van der Waals surface area contributed by atoms with Crippen LogP contribution >= 0.6 is 0 Å². The fourth-order valence-electron chi connectivity index (χ4n) is 2.51. The monoisotopic (exact) mass is 231 g/mol. The molecule has 1 N–H and O–H groups in total. The lowest BCUT2D eigenvalue weighted by molar-refractivity contribution is 0.253. The number of fused-ring (bicyclic) bond motifs is 1. The summed E-state index contributed by atoms with van der Waals surface area (Å²) in [5.74, 6) is 0. The van der Waals surface area contributed by atoms with Gasteiger partial charge in [-0.3, -0.25) is 9.69 Å². The van der Waals surface area contributed by atoms with E-state index in [0.29, 0.717) is 5.56 Å². The second-order valence-electron chi connectivity index (χ2n) is 4.55. The van der Waals surface area contributed by atoms with Crippen LogP contribution in [0.4, 0.5) is 0 Å². The van der Waals surface area contributed by atoms with Crippen LogP contribution in [0.25, 0.3) is 0 Å². The number of H-pyrrole nitrogens is 1. The molecule has 4 nitrogen and oxygen atoms in total. The lowest BCUT2D eigenvalue weighted by Crippen LogP contribution is -2.34. The van der Waals surface area contributed by atoms with Crippen molar-refractivity contribution < 1.29 is 0 Å². The second kappa shape index (κ2) is 4.72. The highest BCUT2D eigenvalue weighted by Gasteiger charge is 2.22. The van der Waals surface area contributed by atoms with Crippen molar-refractivity contribution in [3.63, 3.8) is 0 Å². The van der Waals surface area contributed by atoms with Gasteiger partial charge < -0.3 is 4.98 Å². The fraction of sp³-hybridized carbons (Fsp3) is 0.538. The Balaban J connectivity index is 2.46. The van der Waals surface area contributed by atoms with Crippen LogP contribution < -0.4 is 5.56 Å². The summed E-state index contributed by atoms with van der Waals surface area (Å²) in [7, 11) is 0. The molecule has 2 heterocycles. The van der Waals surface area contributed by atoms with Crippen molar-refractivity contribution in [1.29, 1.82) is 5.26 Å². The van der Waals surface area contributed by atoms with Gasteiger partial charge in [-0.15, -0.1) is 0 Å². The minimum absolute atomic E-state index is 0.243. The van der Waals surface area contributed by atoms with E-state index < -0.39 is 0 Å². The first-order chi connectivity index (χ1) is 8.17. The Kier molecular flexibility index (Phi) is 3.30. The van der Waals surface area contributed by atoms with Crippen LogP contribution in [0, 0.1) is 18.3 Å². The average molecular weight is 231 g/mol. The molecule has 0 saturated carbocycles. The summed E-state index contributed by atoms with van der Waals surface area (Å²) in [6, 6.07) is 2.04. The number of hydrogen-bond donors (Lipinski definition) is 1. The van der Waals surface area contributed by atoms with Crippen molar-refractivity contribution in [3.8, 4) is 6.07 Å². The number of nitrogens with one attached hydrogen (secondary N) is 1. The molecule has 0 atom stereocenters. The molecule has 0 bridgehead atoms. The lowest BCUT2D eigenvalue weighted by Gasteiger charge is -2.29. The van der Waals surface area contributed by atoms with Crippen LogP contribution in [0.2, 0.25) is 0 Å². The van der Waals surface area contributed by atoms with Gasteiger partial charge in [0.1, 0.15) is 11.6 Å². The van der Waals surface area contributed by atoms with E-state index in [4.69, 9.17) is 5.26 Å². The van der Waals surface area contributed by atoms with Crippen LogP contribution in [0.1, 0.15) is 35.7 Å². The third-order valence-electron chi connectivity index (χ3n) is 3.36. The molecule has 1 aliphatic rings. The largest absolute Gasteiger partial charge is 0.325 e. The predicted octanol–water partition coefficient (Wildman–Crippen LogP) is 1.32. The van der Waals surface area contributed by atoms with Crippen molar-refractivity contribution in [2.24, 2.45) is 0 Å². The van der Waals surface area contributed by atoms with Gasteiger partial charge in [0.25, 0.3) is 5.56 Å². The van der Waals surface area contributed by atoms with Gasteiger partial charge >= 0.3 is 0 Å². The maximum Gasteiger partial charge on any atom is 0.266 e. The van der Waals surface area contributed by atoms with Crippen molar-refractivity contribution >= 4 is 0 Å². The van der Waals surface area contributed by atoms with E-state index in [1.807, 2.05) is 13.0 Å². The molecule has 0 unspecified atom stereocenters. The van der Waals surface area contributed by atoms with Crippen LogP contribution in [0.3, 0.4) is 0 Å². The number of nitrogens with zero attached hydrogens (tertiary/aromatic N) is 2. The summed E-state index contributed by atoms with van der Waals surface area (Å²) in [5.41, 5.74) is 3.07. The van der Waals surface area contributed by atoms with Crippen molar-refractivity contribution in [1.82, 2.24) is 9.88 Å². The van der Waals surface area contributed by atoms with Gasteiger partial charge in [-0.25, -0.2) is 0 Å². The Morgan fingerprint density at radius 2 is 2.24 bits per heavy atom. The highest BCUT2D eigenvalue weighted by molar-refractivity contribution is 5.44. The zero-order valence-corrected chi connectivity index (χ0v) is 10.3. The van der Waals surface area contributed by atoms with E-state index >= 15 is 0 Å². The number of aromatic amines is 1. The van der Waals surface area contributed by atoms with Crippen LogP contribution in [0.5, 0.6) is 0 Å². The smallest absolute Gasteiger partial charge is 0.266 e. The molecule has 0 fully saturated rings. The molecule has 4 heteroatoms. The van der Waals surface area contributed by atoms with Crippen molar-refractivity contribution in [3.05, 3.63) is 32.7 Å². The van der Waals surface area contributed by atoms with Gasteiger partial charge in [0.05, 0.1) is 0 Å². The first-order valence-corrected chi connectivity index (χ1v) is 6.04. The van der Waals surface area contributed by atoms with Crippen LogP contribution in [-0.2, 0) is 13.0 Å². The summed E-state index contributed by atoms with van der Waals surface area (Å²) in [6.45, 7) is 6.94. The molecule has 17 heavy (non-hydrogen) atoms. The van der Waals surface area contributed by atoms with Gasteiger partial charge in [-0.1, -0.05) is 6.92 Å². The minimum Gasteiger partial charge on any atom is -0.325 e. The summed E-state index contributed by atoms with van der Waals surface area (Å²) in [4.78, 5) is 16.8. The maximum atomic E-state index is 11.7. The Hall–Kier alpha value is -1.60. The number of hydrogen-bond acceptors (Lipinski definition) is 3. The van der Waals surface area contributed by atoms with Gasteiger partial charge in [-0.2, -0.15) is 5.26 Å². The Morgan fingerprint density at radius 3 is 2.88 bits per heavy atom. The van der Waals surface area contributed by atoms with E-state index in [-0.39, 0.29) is 5.56 Å². The normalized spacial score (nSPS) is 15.4. The minimum atomic E-state index is -0.243. The molecule has 1 aliphatic heterocycles. The molecule has 2 rings (SSSR count). The van der Waals surface area contributed by atoms with Crippen LogP contribution in [0.15, 0.2) is 4.79 Å². The summed E-state index contributed by atoms with van der Waals surface area (Å²) < 4.78 is 0. The molecule has 0 aliphatic carbocycles. The Labute approximate surface area is 101 Å². The predicted molar refractivity (Wildman–Crippen MR) is 65.8 cm³/mol. The molecule has 0 radical (unpaired) electrons. The zero-order chi connectivity index (χ0) is 12.4. The summed E-state index contributed by atoms with van der Waals surface area (Å²) in [5, 5.41) is 9.05. The Morgan fingerprint density at radius 1 is 1.47 bits per heavy atom. The van der Waals surface area contributed by atoms with E-state index in [9.17, 15) is 4.79 Å². The van der Waals surface area contributed by atoms with E-state index in [2.05, 4.69) is 16.8 Å². The lowest BCUT2D eigenvalue weighted by atomic mass is 9.95. The maximum absolute atomic E-state index is 11.7. The number of aromatic nitrogens is 1. The molecular formula is C13H17N3O. The molecule has 0 aromatic carbocycles. The summed E-state index contributed by atoms with van der Waals surface area (Å²) in [6.07, 6.45) is 1.94. The number of aryl methyl sites for hydroxylation is 1. The van der Waals surface area contributed by atoms with Crippen molar-refractivity contribution in [2.75, 3.05) is 13.1 Å². The zero-order valence-electron chi connectivity index (χ0n) is 10.3. The van der Waals surface area contributed by atoms with Gasteiger partial charge in [-0.05, 0) is 37.4 Å². The molecular weight excluding hydrogens is 214 g/mol. The van der Waals surface area contributed by atoms with E-state index in [0.717, 1.165) is 49.3 Å². The fourth-order valence-corrected chi connectivity index (χ4v) is 2.51. The number of rotatable bonds is 2. The topological polar surface area (TPSA) is 59.9 Å². The summed E-state index contributed by atoms with van der Waals surface area (Å²) >= 11 is 0. The molecule has 0 spiro atoms. The van der Waals surface area contributed by atoms with Gasteiger partial charge in [0, 0.05) is 18.8 Å². The average Bonchev–Trinajstić information content (AvgIpc) is 2.31. The quantitative estimate of drug-likeness (QED) is 0.835. The van der Waals surface area contributed by atoms with Gasteiger partial charge in [0.2, 0.25) is 0 Å². The third kappa shape index (κ3) is 2.11. The van der Waals surface area contributed by atoms with E-state index in [1.165, 1.54) is 0 Å². The Bertz CT molecular complexity index is 525.